The molecule has 0 atom stereocenters. The molecule has 4 nitrogen and oxygen atoms in total. The number of rotatable bonds is 3. The summed E-state index contributed by atoms with van der Waals surface area (Å²) < 4.78 is 6.94. The van der Waals surface area contributed by atoms with Crippen molar-refractivity contribution in [1.82, 2.24) is 4.90 Å². The second-order valence-electron chi connectivity index (χ2n) is 6.53. The first-order valence-electron chi connectivity index (χ1n) is 8.65. The SMILES string of the molecule is CC1CCN(C(=S)Oc2cccc(C(=O)Nc3ccc(I)cc3)c2)CC1. The second-order valence-corrected chi connectivity index (χ2v) is 8.12. The lowest BCUT2D eigenvalue weighted by atomic mass is 10.00. The van der Waals surface area contributed by atoms with Crippen LogP contribution in [-0.2, 0) is 0 Å². The number of hydrogen-bond acceptors (Lipinski definition) is 3. The van der Waals surface area contributed by atoms with Crippen LogP contribution in [0.25, 0.3) is 0 Å². The van der Waals surface area contributed by atoms with Crippen molar-refractivity contribution < 1.29 is 9.53 Å². The maximum atomic E-state index is 12.5. The summed E-state index contributed by atoms with van der Waals surface area (Å²) in [5.41, 5.74) is 1.30. The van der Waals surface area contributed by atoms with Gasteiger partial charge in [0.1, 0.15) is 5.75 Å². The Morgan fingerprint density at radius 3 is 2.58 bits per heavy atom. The molecule has 0 aromatic heterocycles. The molecule has 1 heterocycles. The van der Waals surface area contributed by atoms with Gasteiger partial charge in [0.25, 0.3) is 11.1 Å². The highest BCUT2D eigenvalue weighted by atomic mass is 127. The van der Waals surface area contributed by atoms with E-state index in [0.29, 0.717) is 16.5 Å². The van der Waals surface area contributed by atoms with Crippen LogP contribution in [0.1, 0.15) is 30.1 Å². The zero-order chi connectivity index (χ0) is 18.5. The van der Waals surface area contributed by atoms with Crippen molar-refractivity contribution in [1.29, 1.82) is 0 Å². The highest BCUT2D eigenvalue weighted by Crippen LogP contribution is 2.20. The highest BCUT2D eigenvalue weighted by Gasteiger charge is 2.19. The van der Waals surface area contributed by atoms with Crippen LogP contribution in [0.5, 0.6) is 5.75 Å². The number of ether oxygens (including phenoxy) is 1. The van der Waals surface area contributed by atoms with Crippen LogP contribution in [0.15, 0.2) is 48.5 Å². The van der Waals surface area contributed by atoms with Crippen molar-refractivity contribution in [2.24, 2.45) is 5.92 Å². The molecular weight excluding hydrogens is 459 g/mol. The van der Waals surface area contributed by atoms with E-state index in [9.17, 15) is 4.79 Å². The Labute approximate surface area is 173 Å². The maximum absolute atomic E-state index is 12.5. The number of amides is 1. The summed E-state index contributed by atoms with van der Waals surface area (Å²) in [4.78, 5) is 14.6. The third kappa shape index (κ3) is 5.17. The third-order valence-corrected chi connectivity index (χ3v) is 5.51. The largest absolute Gasteiger partial charge is 0.432 e. The number of hydrogen-bond donors (Lipinski definition) is 1. The van der Waals surface area contributed by atoms with E-state index in [4.69, 9.17) is 17.0 Å². The lowest BCUT2D eigenvalue weighted by molar-refractivity contribution is 0.102. The molecule has 1 amide bonds. The van der Waals surface area contributed by atoms with Gasteiger partial charge in [-0.05, 0) is 96.0 Å². The summed E-state index contributed by atoms with van der Waals surface area (Å²) in [6.07, 6.45) is 2.25. The monoisotopic (exact) mass is 480 g/mol. The Hall–Kier alpha value is -1.67. The molecule has 6 heteroatoms. The Morgan fingerprint density at radius 1 is 1.19 bits per heavy atom. The third-order valence-electron chi connectivity index (χ3n) is 4.45. The van der Waals surface area contributed by atoms with Gasteiger partial charge in [-0.3, -0.25) is 4.79 Å². The number of anilines is 1. The van der Waals surface area contributed by atoms with Crippen molar-refractivity contribution in [3.05, 3.63) is 57.7 Å². The zero-order valence-electron chi connectivity index (χ0n) is 14.6. The van der Waals surface area contributed by atoms with Crippen molar-refractivity contribution in [2.75, 3.05) is 18.4 Å². The van der Waals surface area contributed by atoms with E-state index in [1.807, 2.05) is 30.3 Å². The van der Waals surface area contributed by atoms with Gasteiger partial charge in [-0.25, -0.2) is 0 Å². The maximum Gasteiger partial charge on any atom is 0.264 e. The predicted octanol–water partition coefficient (Wildman–Crippen LogP) is 4.94. The molecule has 1 fully saturated rings. The molecule has 2 aromatic carbocycles. The minimum atomic E-state index is -0.172. The van der Waals surface area contributed by atoms with E-state index in [0.717, 1.165) is 41.1 Å². The molecule has 1 saturated heterocycles. The van der Waals surface area contributed by atoms with Crippen molar-refractivity contribution in [3.8, 4) is 5.75 Å². The normalized spacial score (nSPS) is 14.8. The van der Waals surface area contributed by atoms with E-state index in [-0.39, 0.29) is 5.91 Å². The van der Waals surface area contributed by atoms with Gasteiger partial charge >= 0.3 is 0 Å². The lowest BCUT2D eigenvalue weighted by Gasteiger charge is -2.31. The number of nitrogens with zero attached hydrogens (tertiary/aromatic N) is 1. The van der Waals surface area contributed by atoms with Crippen LogP contribution in [0.2, 0.25) is 0 Å². The summed E-state index contributed by atoms with van der Waals surface area (Å²) in [5, 5.41) is 3.37. The van der Waals surface area contributed by atoms with Crippen LogP contribution in [0, 0.1) is 9.49 Å². The minimum absolute atomic E-state index is 0.172. The average molecular weight is 480 g/mol. The van der Waals surface area contributed by atoms with Crippen molar-refractivity contribution in [3.63, 3.8) is 0 Å². The van der Waals surface area contributed by atoms with E-state index in [1.54, 1.807) is 18.2 Å². The van der Waals surface area contributed by atoms with Crippen LogP contribution in [-0.4, -0.2) is 29.1 Å². The molecule has 0 aliphatic carbocycles. The molecule has 0 saturated carbocycles. The van der Waals surface area contributed by atoms with Crippen LogP contribution in [0.4, 0.5) is 5.69 Å². The van der Waals surface area contributed by atoms with Gasteiger partial charge in [-0.2, -0.15) is 0 Å². The van der Waals surface area contributed by atoms with Gasteiger partial charge in [-0.15, -0.1) is 0 Å². The minimum Gasteiger partial charge on any atom is -0.432 e. The molecule has 2 aromatic rings. The Balaban J connectivity index is 1.63. The fourth-order valence-electron chi connectivity index (χ4n) is 2.79. The predicted molar refractivity (Wildman–Crippen MR) is 117 cm³/mol. The number of halogens is 1. The van der Waals surface area contributed by atoms with Gasteiger partial charge in [0.15, 0.2) is 0 Å². The van der Waals surface area contributed by atoms with E-state index >= 15 is 0 Å². The zero-order valence-corrected chi connectivity index (χ0v) is 17.5. The molecule has 136 valence electrons. The molecule has 1 aliphatic heterocycles. The smallest absolute Gasteiger partial charge is 0.264 e. The second kappa shape index (κ2) is 8.81. The number of thiocarbonyl (C=S) groups is 1. The van der Waals surface area contributed by atoms with E-state index in [2.05, 4.69) is 39.7 Å². The number of likely N-dealkylation sites (tertiary alicyclic amines) is 1. The first kappa shape index (κ1) is 19.1. The standard InChI is InChI=1S/C20H21IN2O2S/c1-14-9-11-23(12-10-14)20(26)25-18-4-2-3-15(13-18)19(24)22-17-7-5-16(21)6-8-17/h2-8,13-14H,9-12H2,1H3,(H,22,24). The quantitative estimate of drug-likeness (QED) is 0.500. The number of benzene rings is 2. The summed E-state index contributed by atoms with van der Waals surface area (Å²) >= 11 is 7.65. The first-order valence-corrected chi connectivity index (χ1v) is 10.1. The molecule has 0 bridgehead atoms. The first-order chi connectivity index (χ1) is 12.5. The molecule has 26 heavy (non-hydrogen) atoms. The molecule has 1 aliphatic rings. The molecule has 3 rings (SSSR count). The fourth-order valence-corrected chi connectivity index (χ4v) is 3.43. The van der Waals surface area contributed by atoms with Crippen LogP contribution >= 0.6 is 34.8 Å². The molecule has 1 N–H and O–H groups in total. The summed E-state index contributed by atoms with van der Waals surface area (Å²) in [6, 6.07) is 14.8. The van der Waals surface area contributed by atoms with Gasteiger partial charge in [0.05, 0.1) is 0 Å². The van der Waals surface area contributed by atoms with Crippen molar-refractivity contribution in [2.45, 2.75) is 19.8 Å². The lowest BCUT2D eigenvalue weighted by Crippen LogP contribution is -2.39. The number of piperidine rings is 1. The Morgan fingerprint density at radius 2 is 1.88 bits per heavy atom. The molecule has 0 unspecified atom stereocenters. The fraction of sp³-hybridized carbons (Fsp3) is 0.300. The Kier molecular flexibility index (Phi) is 6.48. The van der Waals surface area contributed by atoms with Gasteiger partial charge in [0.2, 0.25) is 0 Å². The highest BCUT2D eigenvalue weighted by molar-refractivity contribution is 14.1. The Bertz CT molecular complexity index is 787. The van der Waals surface area contributed by atoms with Crippen LogP contribution < -0.4 is 10.1 Å². The molecular formula is C20H21IN2O2S. The summed E-state index contributed by atoms with van der Waals surface area (Å²) in [7, 11) is 0. The van der Waals surface area contributed by atoms with Gasteiger partial charge in [0, 0.05) is 27.9 Å². The van der Waals surface area contributed by atoms with Gasteiger partial charge in [-0.1, -0.05) is 13.0 Å². The number of nitrogens with one attached hydrogen (secondary N) is 1. The van der Waals surface area contributed by atoms with E-state index < -0.39 is 0 Å². The number of carbonyl (C=O) groups excluding carboxylic acids is 1. The molecule has 0 radical (unpaired) electrons. The van der Waals surface area contributed by atoms with Crippen LogP contribution in [0.3, 0.4) is 0 Å². The van der Waals surface area contributed by atoms with Crippen molar-refractivity contribution >= 4 is 51.6 Å². The topological polar surface area (TPSA) is 41.6 Å². The summed E-state index contributed by atoms with van der Waals surface area (Å²) in [6.45, 7) is 4.11. The van der Waals surface area contributed by atoms with Gasteiger partial charge < -0.3 is 15.0 Å². The van der Waals surface area contributed by atoms with E-state index in [1.165, 1.54) is 0 Å². The number of carbonyl (C=O) groups is 1. The summed E-state index contributed by atoms with van der Waals surface area (Å²) in [5.74, 6) is 1.15. The average Bonchev–Trinajstić information content (AvgIpc) is 2.64. The molecule has 0 spiro atoms.